The minimum absolute atomic E-state index is 0.0260. The number of nitrogens with one attached hydrogen (secondary N) is 2. The van der Waals surface area contributed by atoms with Gasteiger partial charge in [-0.25, -0.2) is 4.98 Å². The highest BCUT2D eigenvalue weighted by atomic mass is 16.2. The van der Waals surface area contributed by atoms with Crippen LogP contribution in [0, 0.1) is 0 Å². The van der Waals surface area contributed by atoms with E-state index < -0.39 is 0 Å². The lowest BCUT2D eigenvalue weighted by Crippen LogP contribution is -2.35. The van der Waals surface area contributed by atoms with E-state index in [1.807, 2.05) is 37.1 Å². The van der Waals surface area contributed by atoms with Crippen LogP contribution in [0.3, 0.4) is 0 Å². The number of amides is 1. The normalized spacial score (nSPS) is 10.1. The molecule has 1 aromatic rings. The third kappa shape index (κ3) is 5.59. The molecule has 2 N–H and O–H groups in total. The molecule has 0 aliphatic heterocycles. The molecule has 1 rings (SSSR count). The summed E-state index contributed by atoms with van der Waals surface area (Å²) in [7, 11) is 1.87. The predicted octanol–water partition coefficient (Wildman–Crippen LogP) is 1.87. The molecule has 0 radical (unpaired) electrons. The second kappa shape index (κ2) is 8.34. The van der Waals surface area contributed by atoms with Crippen molar-refractivity contribution in [3.8, 4) is 0 Å². The van der Waals surface area contributed by atoms with Crippen molar-refractivity contribution in [3.63, 3.8) is 0 Å². The molecule has 1 amide bonds. The summed E-state index contributed by atoms with van der Waals surface area (Å²) in [5.74, 6) is 1.67. The van der Waals surface area contributed by atoms with Gasteiger partial charge in [0.15, 0.2) is 0 Å². The van der Waals surface area contributed by atoms with Crippen LogP contribution in [0.15, 0.2) is 18.2 Å². The van der Waals surface area contributed by atoms with E-state index in [1.165, 1.54) is 0 Å². The van der Waals surface area contributed by atoms with Crippen LogP contribution in [0.2, 0.25) is 0 Å². The maximum atomic E-state index is 11.6. The van der Waals surface area contributed by atoms with Gasteiger partial charge in [-0.05, 0) is 25.0 Å². The highest BCUT2D eigenvalue weighted by molar-refractivity contribution is 5.80. The van der Waals surface area contributed by atoms with Crippen LogP contribution in [0.25, 0.3) is 0 Å². The Bertz CT molecular complexity index is 395. The Kier molecular flexibility index (Phi) is 6.71. The van der Waals surface area contributed by atoms with Crippen LogP contribution < -0.4 is 15.5 Å². The lowest BCUT2D eigenvalue weighted by atomic mass is 10.4. The van der Waals surface area contributed by atoms with Gasteiger partial charge in [-0.3, -0.25) is 4.79 Å². The average molecular weight is 264 g/mol. The van der Waals surface area contributed by atoms with Crippen LogP contribution in [-0.4, -0.2) is 37.6 Å². The number of rotatable bonds is 8. The lowest BCUT2D eigenvalue weighted by molar-refractivity contribution is -0.119. The number of hydrogen-bond donors (Lipinski definition) is 2. The first kappa shape index (κ1) is 15.3. The minimum atomic E-state index is 0.0260. The molecule has 0 saturated carbocycles. The van der Waals surface area contributed by atoms with Crippen LogP contribution in [0.5, 0.6) is 0 Å². The van der Waals surface area contributed by atoms with Gasteiger partial charge in [0.2, 0.25) is 5.91 Å². The maximum absolute atomic E-state index is 11.6. The Morgan fingerprint density at radius 1 is 1.26 bits per heavy atom. The first-order chi connectivity index (χ1) is 9.17. The van der Waals surface area contributed by atoms with Crippen molar-refractivity contribution in [1.82, 2.24) is 10.3 Å². The largest absolute Gasteiger partial charge is 0.370 e. The zero-order valence-corrected chi connectivity index (χ0v) is 12.1. The van der Waals surface area contributed by atoms with Gasteiger partial charge in [-0.2, -0.15) is 0 Å². The standard InChI is InChI=1S/C14H24N4O/c1-4-9-15-12-7-6-8-13(17-12)18(3)11-14(19)16-10-5-2/h6-8H,4-5,9-11H2,1-3H3,(H,15,17)(H,16,19). The van der Waals surface area contributed by atoms with E-state index in [-0.39, 0.29) is 5.91 Å². The van der Waals surface area contributed by atoms with E-state index in [0.717, 1.165) is 37.6 Å². The average Bonchev–Trinajstić information content (AvgIpc) is 2.43. The van der Waals surface area contributed by atoms with E-state index in [1.54, 1.807) is 0 Å². The molecule has 106 valence electrons. The van der Waals surface area contributed by atoms with E-state index in [0.29, 0.717) is 6.54 Å². The van der Waals surface area contributed by atoms with Gasteiger partial charge in [-0.15, -0.1) is 0 Å². The molecular weight excluding hydrogens is 240 g/mol. The van der Waals surface area contributed by atoms with Gasteiger partial charge in [0.25, 0.3) is 0 Å². The Hall–Kier alpha value is -1.78. The summed E-state index contributed by atoms with van der Waals surface area (Å²) in [6.45, 7) is 6.09. The number of anilines is 2. The van der Waals surface area contributed by atoms with Crippen molar-refractivity contribution in [2.45, 2.75) is 26.7 Å². The number of carbonyl (C=O) groups excluding carboxylic acids is 1. The molecule has 5 nitrogen and oxygen atoms in total. The molecule has 0 fully saturated rings. The SMILES string of the molecule is CCCNC(=O)CN(C)c1cccc(NCCC)n1. The Labute approximate surface area is 115 Å². The molecule has 0 spiro atoms. The highest BCUT2D eigenvalue weighted by Gasteiger charge is 2.08. The minimum Gasteiger partial charge on any atom is -0.370 e. The quantitative estimate of drug-likeness (QED) is 0.752. The second-order valence-corrected chi connectivity index (χ2v) is 4.51. The fraction of sp³-hybridized carbons (Fsp3) is 0.571. The van der Waals surface area contributed by atoms with E-state index >= 15 is 0 Å². The second-order valence-electron chi connectivity index (χ2n) is 4.51. The van der Waals surface area contributed by atoms with Gasteiger partial charge >= 0.3 is 0 Å². The van der Waals surface area contributed by atoms with Crippen molar-refractivity contribution >= 4 is 17.5 Å². The number of nitrogens with zero attached hydrogens (tertiary/aromatic N) is 2. The Morgan fingerprint density at radius 2 is 2.00 bits per heavy atom. The molecule has 19 heavy (non-hydrogen) atoms. The van der Waals surface area contributed by atoms with Crippen molar-refractivity contribution in [3.05, 3.63) is 18.2 Å². The molecule has 0 atom stereocenters. The summed E-state index contributed by atoms with van der Waals surface area (Å²) < 4.78 is 0. The third-order valence-electron chi connectivity index (χ3n) is 2.63. The summed E-state index contributed by atoms with van der Waals surface area (Å²) >= 11 is 0. The molecule has 0 aromatic carbocycles. The summed E-state index contributed by atoms with van der Waals surface area (Å²) in [6, 6.07) is 5.79. The number of carbonyl (C=O) groups is 1. The fourth-order valence-corrected chi connectivity index (χ4v) is 1.60. The summed E-state index contributed by atoms with van der Waals surface area (Å²) in [5, 5.41) is 6.10. The first-order valence-electron chi connectivity index (χ1n) is 6.86. The van der Waals surface area contributed by atoms with Crippen molar-refractivity contribution in [2.24, 2.45) is 0 Å². The van der Waals surface area contributed by atoms with Crippen molar-refractivity contribution in [2.75, 3.05) is 36.9 Å². The molecule has 0 aliphatic carbocycles. The van der Waals surface area contributed by atoms with Crippen LogP contribution in [0.4, 0.5) is 11.6 Å². The van der Waals surface area contributed by atoms with Gasteiger partial charge in [0, 0.05) is 20.1 Å². The van der Waals surface area contributed by atoms with Crippen molar-refractivity contribution in [1.29, 1.82) is 0 Å². The number of aromatic nitrogens is 1. The lowest BCUT2D eigenvalue weighted by Gasteiger charge is -2.18. The van der Waals surface area contributed by atoms with Crippen LogP contribution in [-0.2, 0) is 4.79 Å². The monoisotopic (exact) mass is 264 g/mol. The van der Waals surface area contributed by atoms with Crippen LogP contribution in [0.1, 0.15) is 26.7 Å². The van der Waals surface area contributed by atoms with E-state index in [4.69, 9.17) is 0 Å². The maximum Gasteiger partial charge on any atom is 0.239 e. The first-order valence-corrected chi connectivity index (χ1v) is 6.86. The zero-order chi connectivity index (χ0) is 14.1. The van der Waals surface area contributed by atoms with E-state index in [9.17, 15) is 4.79 Å². The molecule has 0 bridgehead atoms. The summed E-state index contributed by atoms with van der Waals surface area (Å²) in [5.41, 5.74) is 0. The topological polar surface area (TPSA) is 57.3 Å². The Morgan fingerprint density at radius 3 is 2.68 bits per heavy atom. The fourth-order valence-electron chi connectivity index (χ4n) is 1.60. The molecule has 1 aromatic heterocycles. The highest BCUT2D eigenvalue weighted by Crippen LogP contribution is 2.12. The smallest absolute Gasteiger partial charge is 0.239 e. The summed E-state index contributed by atoms with van der Waals surface area (Å²) in [6.07, 6.45) is 2.01. The van der Waals surface area contributed by atoms with Crippen molar-refractivity contribution < 1.29 is 4.79 Å². The third-order valence-corrected chi connectivity index (χ3v) is 2.63. The molecule has 1 heterocycles. The van der Waals surface area contributed by atoms with Gasteiger partial charge < -0.3 is 15.5 Å². The zero-order valence-electron chi connectivity index (χ0n) is 12.1. The molecule has 5 heteroatoms. The van der Waals surface area contributed by atoms with Gasteiger partial charge in [-0.1, -0.05) is 19.9 Å². The molecule has 0 saturated heterocycles. The van der Waals surface area contributed by atoms with Gasteiger partial charge in [0.1, 0.15) is 11.6 Å². The predicted molar refractivity (Wildman–Crippen MR) is 79.6 cm³/mol. The Balaban J connectivity index is 2.55. The molecule has 0 unspecified atom stereocenters. The number of likely N-dealkylation sites (N-methyl/N-ethyl adjacent to an activating group) is 1. The van der Waals surface area contributed by atoms with E-state index in [2.05, 4.69) is 22.5 Å². The van der Waals surface area contributed by atoms with Crippen LogP contribution >= 0.6 is 0 Å². The molecular formula is C14H24N4O. The summed E-state index contributed by atoms with van der Waals surface area (Å²) in [4.78, 5) is 18.0. The number of hydrogen-bond acceptors (Lipinski definition) is 4. The number of pyridine rings is 1. The molecule has 0 aliphatic rings. The van der Waals surface area contributed by atoms with Gasteiger partial charge in [0.05, 0.1) is 6.54 Å².